The molecule has 3 aromatic carbocycles. The summed E-state index contributed by atoms with van der Waals surface area (Å²) >= 11 is 0. The van der Waals surface area contributed by atoms with Crippen LogP contribution in [0, 0.1) is 5.41 Å². The standard InChI is InChI=1S/C27H29N3/c1-29(23-15-11-20(12-16-23)19-7-4-3-5-8-19)27(28)30(2)25-18-14-22-10-6-9-21-13-17-24(25)26(21)22/h6,9-19,28H,3-5,7-8H2,1-2H3. The van der Waals surface area contributed by atoms with Crippen LogP contribution in [0.1, 0.15) is 54.7 Å². The fourth-order valence-electron chi connectivity index (χ4n) is 5.07. The van der Waals surface area contributed by atoms with Crippen LogP contribution in [0.2, 0.25) is 0 Å². The van der Waals surface area contributed by atoms with Gasteiger partial charge in [0.2, 0.25) is 5.96 Å². The quantitative estimate of drug-likeness (QED) is 0.303. The van der Waals surface area contributed by atoms with Gasteiger partial charge in [0, 0.05) is 25.3 Å². The minimum Gasteiger partial charge on any atom is -0.316 e. The van der Waals surface area contributed by atoms with E-state index in [-0.39, 0.29) is 0 Å². The monoisotopic (exact) mass is 395 g/mol. The molecule has 0 saturated heterocycles. The maximum atomic E-state index is 8.85. The van der Waals surface area contributed by atoms with E-state index < -0.39 is 0 Å². The Bertz CT molecular complexity index is 1120. The highest BCUT2D eigenvalue weighted by Gasteiger charge is 2.20. The second-order valence-electron chi connectivity index (χ2n) is 8.65. The third-order valence-electron chi connectivity index (χ3n) is 6.88. The van der Waals surface area contributed by atoms with Crippen LogP contribution in [0.4, 0.5) is 11.4 Å². The topological polar surface area (TPSA) is 30.3 Å². The Balaban J connectivity index is 1.38. The van der Waals surface area contributed by atoms with Gasteiger partial charge in [0.25, 0.3) is 0 Å². The molecule has 1 N–H and O–H groups in total. The predicted octanol–water partition coefficient (Wildman–Crippen LogP) is 6.88. The van der Waals surface area contributed by atoms with Gasteiger partial charge in [-0.25, -0.2) is 0 Å². The zero-order chi connectivity index (χ0) is 20.7. The zero-order valence-electron chi connectivity index (χ0n) is 17.9. The first-order valence-corrected chi connectivity index (χ1v) is 11.0. The Labute approximate surface area is 179 Å². The van der Waals surface area contributed by atoms with Gasteiger partial charge in [-0.15, -0.1) is 0 Å². The normalized spacial score (nSPS) is 15.5. The summed E-state index contributed by atoms with van der Waals surface area (Å²) in [6.45, 7) is 0. The molecule has 5 rings (SSSR count). The van der Waals surface area contributed by atoms with Crippen molar-refractivity contribution in [3.8, 4) is 0 Å². The van der Waals surface area contributed by atoms with Crippen molar-refractivity contribution in [2.24, 2.45) is 0 Å². The van der Waals surface area contributed by atoms with E-state index in [1.165, 1.54) is 59.6 Å². The number of hydrogen-bond donors (Lipinski definition) is 1. The molecule has 0 unspecified atom stereocenters. The SMILES string of the molecule is CN(C(=N)N(C)c1ccc2cccc3c2c1C=C3)c1ccc(C2CCCCC2)cc1. The summed E-state index contributed by atoms with van der Waals surface area (Å²) < 4.78 is 0. The lowest BCUT2D eigenvalue weighted by Gasteiger charge is -2.30. The molecule has 0 atom stereocenters. The van der Waals surface area contributed by atoms with Crippen LogP contribution in [0.25, 0.3) is 22.9 Å². The van der Waals surface area contributed by atoms with Gasteiger partial charge in [0.05, 0.1) is 5.69 Å². The van der Waals surface area contributed by atoms with E-state index in [0.717, 1.165) is 11.4 Å². The summed E-state index contributed by atoms with van der Waals surface area (Å²) in [6, 6.07) is 19.6. The van der Waals surface area contributed by atoms with Gasteiger partial charge in [-0.05, 0) is 58.9 Å². The Kier molecular flexibility index (Phi) is 4.82. The minimum atomic E-state index is 0.466. The molecule has 3 nitrogen and oxygen atoms in total. The average molecular weight is 396 g/mol. The highest BCUT2D eigenvalue weighted by molar-refractivity contribution is 6.12. The summed E-state index contributed by atoms with van der Waals surface area (Å²) in [6.07, 6.45) is 11.1. The lowest BCUT2D eigenvalue weighted by atomic mass is 9.84. The smallest absolute Gasteiger partial charge is 0.202 e. The number of hydrogen-bond acceptors (Lipinski definition) is 1. The summed E-state index contributed by atoms with van der Waals surface area (Å²) in [5, 5.41) is 11.4. The Morgan fingerprint density at radius 3 is 2.37 bits per heavy atom. The zero-order valence-corrected chi connectivity index (χ0v) is 17.9. The molecule has 0 aliphatic heterocycles. The van der Waals surface area contributed by atoms with Crippen molar-refractivity contribution >= 4 is 40.3 Å². The van der Waals surface area contributed by atoms with Crippen molar-refractivity contribution in [3.63, 3.8) is 0 Å². The van der Waals surface area contributed by atoms with E-state index in [4.69, 9.17) is 5.41 Å². The Hall–Kier alpha value is -3.07. The summed E-state index contributed by atoms with van der Waals surface area (Å²) in [7, 11) is 3.97. The molecule has 30 heavy (non-hydrogen) atoms. The van der Waals surface area contributed by atoms with E-state index in [9.17, 15) is 0 Å². The van der Waals surface area contributed by atoms with Crippen molar-refractivity contribution in [2.75, 3.05) is 23.9 Å². The summed E-state index contributed by atoms with van der Waals surface area (Å²) in [5.41, 5.74) is 6.04. The van der Waals surface area contributed by atoms with E-state index in [1.807, 2.05) is 23.9 Å². The molecular weight excluding hydrogens is 366 g/mol. The van der Waals surface area contributed by atoms with Gasteiger partial charge in [-0.2, -0.15) is 0 Å². The van der Waals surface area contributed by atoms with Crippen LogP contribution < -0.4 is 9.80 Å². The number of rotatable bonds is 3. The van der Waals surface area contributed by atoms with Gasteiger partial charge >= 0.3 is 0 Å². The van der Waals surface area contributed by atoms with Crippen LogP contribution in [0.15, 0.2) is 54.6 Å². The number of guanidine groups is 1. The second kappa shape index (κ2) is 7.64. The van der Waals surface area contributed by atoms with Gasteiger partial charge in [-0.1, -0.05) is 67.8 Å². The number of nitrogens with zero attached hydrogens (tertiary/aromatic N) is 2. The highest BCUT2D eigenvalue weighted by Crippen LogP contribution is 2.38. The molecule has 2 aliphatic rings. The van der Waals surface area contributed by atoms with E-state index in [0.29, 0.717) is 11.9 Å². The molecule has 0 radical (unpaired) electrons. The molecule has 1 fully saturated rings. The molecule has 0 bridgehead atoms. The lowest BCUT2D eigenvalue weighted by molar-refractivity contribution is 0.443. The summed E-state index contributed by atoms with van der Waals surface area (Å²) in [4.78, 5) is 3.95. The molecule has 2 aliphatic carbocycles. The molecule has 0 aromatic heterocycles. The molecule has 0 amide bonds. The number of benzene rings is 3. The van der Waals surface area contributed by atoms with Crippen molar-refractivity contribution in [1.82, 2.24) is 0 Å². The maximum absolute atomic E-state index is 8.85. The van der Waals surface area contributed by atoms with Crippen LogP contribution in [-0.4, -0.2) is 20.1 Å². The van der Waals surface area contributed by atoms with Crippen molar-refractivity contribution in [1.29, 1.82) is 5.41 Å². The van der Waals surface area contributed by atoms with Crippen LogP contribution in [-0.2, 0) is 0 Å². The average Bonchev–Trinajstić information content (AvgIpc) is 3.24. The third-order valence-corrected chi connectivity index (χ3v) is 6.88. The van der Waals surface area contributed by atoms with E-state index in [1.54, 1.807) is 0 Å². The second-order valence-corrected chi connectivity index (χ2v) is 8.65. The Morgan fingerprint density at radius 1 is 0.833 bits per heavy atom. The molecule has 1 saturated carbocycles. The van der Waals surface area contributed by atoms with Gasteiger partial charge < -0.3 is 9.80 Å². The number of anilines is 2. The molecular formula is C27H29N3. The number of nitrogens with one attached hydrogen (secondary N) is 1. The molecule has 152 valence electrons. The fourth-order valence-corrected chi connectivity index (χ4v) is 5.07. The third kappa shape index (κ3) is 3.19. The maximum Gasteiger partial charge on any atom is 0.202 e. The van der Waals surface area contributed by atoms with Crippen molar-refractivity contribution in [2.45, 2.75) is 38.0 Å². The first-order chi connectivity index (χ1) is 14.6. The Morgan fingerprint density at radius 2 is 1.60 bits per heavy atom. The predicted molar refractivity (Wildman–Crippen MR) is 130 cm³/mol. The molecule has 0 spiro atoms. The summed E-state index contributed by atoms with van der Waals surface area (Å²) in [5.74, 6) is 1.18. The van der Waals surface area contributed by atoms with Crippen LogP contribution in [0.3, 0.4) is 0 Å². The first-order valence-electron chi connectivity index (χ1n) is 11.0. The van der Waals surface area contributed by atoms with Gasteiger partial charge in [0.15, 0.2) is 0 Å². The molecule has 0 heterocycles. The molecule has 3 aromatic rings. The fraction of sp³-hybridized carbons (Fsp3) is 0.296. The highest BCUT2D eigenvalue weighted by atomic mass is 15.3. The lowest BCUT2D eigenvalue weighted by Crippen LogP contribution is -2.40. The van der Waals surface area contributed by atoms with Crippen molar-refractivity contribution in [3.05, 3.63) is 71.3 Å². The van der Waals surface area contributed by atoms with Crippen LogP contribution >= 0.6 is 0 Å². The molecule has 3 heteroatoms. The van der Waals surface area contributed by atoms with E-state index >= 15 is 0 Å². The van der Waals surface area contributed by atoms with Gasteiger partial charge in [0.1, 0.15) is 0 Å². The van der Waals surface area contributed by atoms with Crippen LogP contribution in [0.5, 0.6) is 0 Å². The first kappa shape index (κ1) is 18.9. The van der Waals surface area contributed by atoms with Crippen molar-refractivity contribution < 1.29 is 0 Å². The van der Waals surface area contributed by atoms with E-state index in [2.05, 4.69) is 66.7 Å². The minimum absolute atomic E-state index is 0.466. The largest absolute Gasteiger partial charge is 0.316 e. The van der Waals surface area contributed by atoms with Gasteiger partial charge in [-0.3, -0.25) is 5.41 Å².